The number of nitrogens with two attached hydrogens (primary N) is 1. The van der Waals surface area contributed by atoms with E-state index in [1.54, 1.807) is 11.3 Å². The third-order valence-electron chi connectivity index (χ3n) is 3.99. The van der Waals surface area contributed by atoms with Gasteiger partial charge in [0.15, 0.2) is 0 Å². The second kappa shape index (κ2) is 5.54. The van der Waals surface area contributed by atoms with Gasteiger partial charge in [-0.2, -0.15) is 4.98 Å². The average Bonchev–Trinajstić information content (AvgIpc) is 3.05. The normalized spacial score (nSPS) is 15.9. The Kier molecular flexibility index (Phi) is 3.76. The monoisotopic (exact) mass is 291 g/mol. The molecule has 5 nitrogen and oxygen atoms in total. The molecular formula is C14H21N5S. The maximum absolute atomic E-state index is 5.49. The van der Waals surface area contributed by atoms with Gasteiger partial charge >= 0.3 is 0 Å². The van der Waals surface area contributed by atoms with E-state index >= 15 is 0 Å². The van der Waals surface area contributed by atoms with Gasteiger partial charge in [-0.25, -0.2) is 10.8 Å². The zero-order chi connectivity index (χ0) is 14.1. The lowest BCUT2D eigenvalue weighted by atomic mass is 10.1. The van der Waals surface area contributed by atoms with E-state index in [2.05, 4.69) is 40.3 Å². The van der Waals surface area contributed by atoms with Crippen molar-refractivity contribution in [2.75, 3.05) is 23.9 Å². The highest BCUT2D eigenvalue weighted by Gasteiger charge is 2.20. The van der Waals surface area contributed by atoms with Crippen LogP contribution < -0.4 is 16.2 Å². The van der Waals surface area contributed by atoms with Crippen LogP contribution in [0.25, 0.3) is 10.2 Å². The molecule has 3 N–H and O–H groups in total. The predicted octanol–water partition coefficient (Wildman–Crippen LogP) is 2.91. The first-order chi connectivity index (χ1) is 9.67. The lowest BCUT2D eigenvalue weighted by Crippen LogP contribution is -2.25. The van der Waals surface area contributed by atoms with E-state index in [0.29, 0.717) is 5.95 Å². The molecule has 108 valence electrons. The summed E-state index contributed by atoms with van der Waals surface area (Å²) in [5.74, 6) is 7.76. The van der Waals surface area contributed by atoms with Crippen LogP contribution in [0.5, 0.6) is 0 Å². The van der Waals surface area contributed by atoms with Gasteiger partial charge in [0.05, 0.1) is 5.39 Å². The summed E-state index contributed by atoms with van der Waals surface area (Å²) in [6, 6.07) is 2.17. The first kappa shape index (κ1) is 13.6. The number of thiophene rings is 1. The van der Waals surface area contributed by atoms with Gasteiger partial charge in [0.2, 0.25) is 5.95 Å². The molecule has 2 aromatic rings. The van der Waals surface area contributed by atoms with Crippen molar-refractivity contribution in [1.82, 2.24) is 9.97 Å². The molecule has 0 atom stereocenters. The van der Waals surface area contributed by atoms with Gasteiger partial charge in [0, 0.05) is 18.5 Å². The summed E-state index contributed by atoms with van der Waals surface area (Å²) in [6.45, 7) is 3.16. The van der Waals surface area contributed by atoms with E-state index in [0.717, 1.165) is 28.5 Å². The standard InChI is InChI=1S/C14H21N5S/c1-9-7-11-12(16-14(18-15)17-13(11)20-9)19(2)8-10-5-3-4-6-10/h7,10H,3-6,8,15H2,1-2H3,(H,16,17,18). The topological polar surface area (TPSA) is 67.1 Å². The first-order valence-electron chi connectivity index (χ1n) is 7.13. The minimum atomic E-state index is 0.493. The zero-order valence-corrected chi connectivity index (χ0v) is 12.8. The Labute approximate surface area is 123 Å². The van der Waals surface area contributed by atoms with Crippen molar-refractivity contribution < 1.29 is 0 Å². The van der Waals surface area contributed by atoms with Gasteiger partial charge in [-0.05, 0) is 31.7 Å². The summed E-state index contributed by atoms with van der Waals surface area (Å²) in [5, 5.41) is 1.13. The Morgan fingerprint density at radius 1 is 1.40 bits per heavy atom. The molecule has 2 aromatic heterocycles. The van der Waals surface area contributed by atoms with Crippen molar-refractivity contribution >= 4 is 33.3 Å². The molecule has 0 amide bonds. The largest absolute Gasteiger partial charge is 0.359 e. The SMILES string of the molecule is Cc1cc2c(N(C)CC3CCCC3)nc(NN)nc2s1. The van der Waals surface area contributed by atoms with E-state index in [4.69, 9.17) is 5.84 Å². The summed E-state index contributed by atoms with van der Waals surface area (Å²) in [7, 11) is 2.12. The number of hydrogen-bond acceptors (Lipinski definition) is 6. The summed E-state index contributed by atoms with van der Waals surface area (Å²) >= 11 is 1.68. The molecule has 2 heterocycles. The lowest BCUT2D eigenvalue weighted by Gasteiger charge is -2.23. The smallest absolute Gasteiger partial charge is 0.240 e. The van der Waals surface area contributed by atoms with Crippen molar-refractivity contribution in [2.45, 2.75) is 32.6 Å². The Morgan fingerprint density at radius 3 is 2.85 bits per heavy atom. The molecule has 20 heavy (non-hydrogen) atoms. The maximum atomic E-state index is 5.49. The van der Waals surface area contributed by atoms with Crippen LogP contribution in [0.2, 0.25) is 0 Å². The summed E-state index contributed by atoms with van der Waals surface area (Å²) in [4.78, 5) is 13.5. The van der Waals surface area contributed by atoms with Gasteiger partial charge in [-0.15, -0.1) is 11.3 Å². The number of aromatic nitrogens is 2. The summed E-state index contributed by atoms with van der Waals surface area (Å²) in [5.41, 5.74) is 2.58. The Morgan fingerprint density at radius 2 is 2.15 bits per heavy atom. The Bertz CT molecular complexity index is 603. The zero-order valence-electron chi connectivity index (χ0n) is 12.0. The molecule has 1 aliphatic rings. The third kappa shape index (κ3) is 2.58. The number of hydrogen-bond donors (Lipinski definition) is 2. The Balaban J connectivity index is 1.95. The van der Waals surface area contributed by atoms with E-state index < -0.39 is 0 Å². The number of hydrazine groups is 1. The first-order valence-corrected chi connectivity index (χ1v) is 7.95. The van der Waals surface area contributed by atoms with E-state index in [1.807, 2.05) is 0 Å². The summed E-state index contributed by atoms with van der Waals surface area (Å²) < 4.78 is 0. The second-order valence-corrected chi connectivity index (χ2v) is 6.86. The Hall–Kier alpha value is -1.40. The molecule has 1 fully saturated rings. The van der Waals surface area contributed by atoms with Crippen LogP contribution in [0, 0.1) is 12.8 Å². The highest BCUT2D eigenvalue weighted by molar-refractivity contribution is 7.18. The molecule has 0 aliphatic heterocycles. The van der Waals surface area contributed by atoms with Crippen LogP contribution in [-0.4, -0.2) is 23.6 Å². The fourth-order valence-corrected chi connectivity index (χ4v) is 3.92. The lowest BCUT2D eigenvalue weighted by molar-refractivity contribution is 0.545. The third-order valence-corrected chi connectivity index (χ3v) is 4.94. The highest BCUT2D eigenvalue weighted by atomic mass is 32.1. The number of nitrogen functional groups attached to an aromatic ring is 1. The molecule has 1 saturated carbocycles. The molecule has 0 radical (unpaired) electrons. The maximum Gasteiger partial charge on any atom is 0.240 e. The minimum Gasteiger partial charge on any atom is -0.359 e. The molecule has 0 unspecified atom stereocenters. The number of aryl methyl sites for hydroxylation is 1. The molecule has 0 spiro atoms. The van der Waals surface area contributed by atoms with Gasteiger partial charge in [-0.1, -0.05) is 12.8 Å². The quantitative estimate of drug-likeness (QED) is 0.669. The van der Waals surface area contributed by atoms with E-state index in [1.165, 1.54) is 30.6 Å². The number of fused-ring (bicyclic) bond motifs is 1. The minimum absolute atomic E-state index is 0.493. The molecule has 0 bridgehead atoms. The van der Waals surface area contributed by atoms with Crippen LogP contribution in [0.1, 0.15) is 30.6 Å². The summed E-state index contributed by atoms with van der Waals surface area (Å²) in [6.07, 6.45) is 5.40. The van der Waals surface area contributed by atoms with Crippen LogP contribution in [0.4, 0.5) is 11.8 Å². The molecule has 0 saturated heterocycles. The van der Waals surface area contributed by atoms with Gasteiger partial charge in [-0.3, -0.25) is 5.43 Å². The number of rotatable bonds is 4. The van der Waals surface area contributed by atoms with E-state index in [-0.39, 0.29) is 0 Å². The predicted molar refractivity (Wildman–Crippen MR) is 85.2 cm³/mol. The van der Waals surface area contributed by atoms with Crippen LogP contribution >= 0.6 is 11.3 Å². The van der Waals surface area contributed by atoms with Crippen LogP contribution in [-0.2, 0) is 0 Å². The second-order valence-electron chi connectivity index (χ2n) is 5.62. The van der Waals surface area contributed by atoms with Crippen LogP contribution in [0.3, 0.4) is 0 Å². The fraction of sp³-hybridized carbons (Fsp3) is 0.571. The average molecular weight is 291 g/mol. The number of nitrogens with zero attached hydrogens (tertiary/aromatic N) is 3. The molecule has 0 aromatic carbocycles. The molecule has 1 aliphatic carbocycles. The van der Waals surface area contributed by atoms with Gasteiger partial charge < -0.3 is 4.90 Å². The number of anilines is 2. The fourth-order valence-electron chi connectivity index (χ4n) is 3.05. The van der Waals surface area contributed by atoms with Crippen molar-refractivity contribution in [1.29, 1.82) is 0 Å². The highest BCUT2D eigenvalue weighted by Crippen LogP contribution is 2.33. The molecule has 3 rings (SSSR count). The van der Waals surface area contributed by atoms with Gasteiger partial charge in [0.25, 0.3) is 0 Å². The number of nitrogens with one attached hydrogen (secondary N) is 1. The van der Waals surface area contributed by atoms with E-state index in [9.17, 15) is 0 Å². The van der Waals surface area contributed by atoms with Crippen molar-refractivity contribution in [2.24, 2.45) is 11.8 Å². The molecular weight excluding hydrogens is 270 g/mol. The molecule has 6 heteroatoms. The van der Waals surface area contributed by atoms with Crippen molar-refractivity contribution in [3.63, 3.8) is 0 Å². The van der Waals surface area contributed by atoms with Gasteiger partial charge in [0.1, 0.15) is 10.6 Å². The van der Waals surface area contributed by atoms with Crippen molar-refractivity contribution in [3.05, 3.63) is 10.9 Å². The van der Waals surface area contributed by atoms with Crippen LogP contribution in [0.15, 0.2) is 6.07 Å². The van der Waals surface area contributed by atoms with Crippen molar-refractivity contribution in [3.8, 4) is 0 Å².